The van der Waals surface area contributed by atoms with E-state index in [1.165, 1.54) is 0 Å². The Hall–Kier alpha value is -3.58. The van der Waals surface area contributed by atoms with Crippen molar-refractivity contribution in [3.8, 4) is 0 Å². The third-order valence-corrected chi connectivity index (χ3v) is 6.73. The first-order valence-electron chi connectivity index (χ1n) is 11.6. The molecule has 2 amide bonds. The number of para-hydroxylation sites is 1. The van der Waals surface area contributed by atoms with Crippen LogP contribution in [0.25, 0.3) is 11.0 Å². The number of halogens is 1. The lowest BCUT2D eigenvalue weighted by Crippen LogP contribution is -2.38. The van der Waals surface area contributed by atoms with Crippen LogP contribution in [0.3, 0.4) is 0 Å². The van der Waals surface area contributed by atoms with Crippen LogP contribution in [0.1, 0.15) is 39.1 Å². The molecule has 36 heavy (non-hydrogen) atoms. The van der Waals surface area contributed by atoms with Gasteiger partial charge in [-0.2, -0.15) is 0 Å². The molecule has 3 heterocycles. The first kappa shape index (κ1) is 24.1. The van der Waals surface area contributed by atoms with Gasteiger partial charge in [-0.1, -0.05) is 18.2 Å². The zero-order valence-electron chi connectivity index (χ0n) is 19.4. The molecule has 0 aliphatic carbocycles. The highest BCUT2D eigenvalue weighted by Gasteiger charge is 2.20. The molecule has 184 valence electrons. The van der Waals surface area contributed by atoms with Crippen LogP contribution >= 0.6 is 22.6 Å². The summed E-state index contributed by atoms with van der Waals surface area (Å²) in [4.78, 5) is 42.7. The van der Waals surface area contributed by atoms with Crippen LogP contribution in [0.15, 0.2) is 54.9 Å². The lowest BCUT2D eigenvalue weighted by molar-refractivity contribution is 0.0999. The molecule has 0 radical (unpaired) electrons. The first-order valence-corrected chi connectivity index (χ1v) is 12.7. The fourth-order valence-electron chi connectivity index (χ4n) is 4.29. The van der Waals surface area contributed by atoms with Crippen LogP contribution in [-0.4, -0.2) is 55.8 Å². The molecule has 10 nitrogen and oxygen atoms in total. The summed E-state index contributed by atoms with van der Waals surface area (Å²) < 4.78 is 1.02. The van der Waals surface area contributed by atoms with Gasteiger partial charge in [0.15, 0.2) is 0 Å². The standard InChI is InChI=1S/C25H25IN8O2/c26-17-12-28-24(29-13-17)30-18-8-10-34(11-9-18)14-15-4-6-16(7-5-15)23(36)33-25-31-20-3-1-2-19(22(27)35)21(20)32-25/h1-7,12-13,18H,8-11,14H2,(H2,27,35)(H,28,29,30)(H2,31,32,33,36). The Bertz CT molecular complexity index is 1380. The molecule has 0 saturated carbocycles. The minimum absolute atomic E-state index is 0.264. The second kappa shape index (κ2) is 10.6. The van der Waals surface area contributed by atoms with E-state index in [0.717, 1.165) is 41.6 Å². The first-order chi connectivity index (χ1) is 17.4. The van der Waals surface area contributed by atoms with Crippen molar-refractivity contribution in [2.24, 2.45) is 5.73 Å². The molecule has 1 aliphatic rings. The Balaban J connectivity index is 1.14. The van der Waals surface area contributed by atoms with Crippen molar-refractivity contribution in [1.82, 2.24) is 24.8 Å². The van der Waals surface area contributed by atoms with Crippen LogP contribution in [0.5, 0.6) is 0 Å². The highest BCUT2D eigenvalue weighted by molar-refractivity contribution is 14.1. The largest absolute Gasteiger partial charge is 0.366 e. The van der Waals surface area contributed by atoms with Crippen molar-refractivity contribution in [2.45, 2.75) is 25.4 Å². The number of rotatable bonds is 7. The summed E-state index contributed by atoms with van der Waals surface area (Å²) in [5.74, 6) is 0.0885. The van der Waals surface area contributed by atoms with E-state index in [1.807, 2.05) is 36.7 Å². The lowest BCUT2D eigenvalue weighted by Gasteiger charge is -2.32. The number of hydrogen-bond donors (Lipinski definition) is 4. The monoisotopic (exact) mass is 596 g/mol. The van der Waals surface area contributed by atoms with E-state index < -0.39 is 5.91 Å². The molecule has 1 aliphatic heterocycles. The number of amides is 2. The van der Waals surface area contributed by atoms with Crippen LogP contribution < -0.4 is 16.4 Å². The van der Waals surface area contributed by atoms with Crippen molar-refractivity contribution in [3.63, 3.8) is 0 Å². The number of anilines is 2. The number of benzene rings is 2. The number of carbonyl (C=O) groups is 2. The lowest BCUT2D eigenvalue weighted by atomic mass is 10.0. The van der Waals surface area contributed by atoms with Crippen molar-refractivity contribution in [2.75, 3.05) is 23.7 Å². The van der Waals surface area contributed by atoms with Gasteiger partial charge < -0.3 is 16.0 Å². The summed E-state index contributed by atoms with van der Waals surface area (Å²) in [6.07, 6.45) is 5.66. The highest BCUT2D eigenvalue weighted by Crippen LogP contribution is 2.20. The van der Waals surface area contributed by atoms with E-state index in [2.05, 4.69) is 58.1 Å². The van der Waals surface area contributed by atoms with Crippen molar-refractivity contribution in [3.05, 3.63) is 75.1 Å². The molecule has 2 aromatic carbocycles. The molecule has 2 aromatic heterocycles. The summed E-state index contributed by atoms with van der Waals surface area (Å²) in [5, 5.41) is 6.18. The maximum atomic E-state index is 12.7. The molecule has 11 heteroatoms. The van der Waals surface area contributed by atoms with E-state index in [9.17, 15) is 9.59 Å². The van der Waals surface area contributed by atoms with Crippen molar-refractivity contribution < 1.29 is 9.59 Å². The molecule has 0 bridgehead atoms. The number of nitrogens with zero attached hydrogens (tertiary/aromatic N) is 4. The number of H-pyrrole nitrogens is 1. The topological polar surface area (TPSA) is 142 Å². The Morgan fingerprint density at radius 1 is 1.08 bits per heavy atom. The Kier molecular flexibility index (Phi) is 7.09. The zero-order valence-corrected chi connectivity index (χ0v) is 21.5. The fraction of sp³-hybridized carbons (Fsp3) is 0.240. The van der Waals surface area contributed by atoms with Gasteiger partial charge in [-0.05, 0) is 65.3 Å². The third-order valence-electron chi connectivity index (χ3n) is 6.17. The Labute approximate surface area is 221 Å². The molecule has 0 spiro atoms. The minimum atomic E-state index is -0.568. The number of primary amides is 1. The van der Waals surface area contributed by atoms with Crippen LogP contribution in [-0.2, 0) is 6.54 Å². The maximum Gasteiger partial charge on any atom is 0.257 e. The van der Waals surface area contributed by atoms with Gasteiger partial charge in [0.1, 0.15) is 5.52 Å². The summed E-state index contributed by atoms with van der Waals surface area (Å²) >= 11 is 2.20. The van der Waals surface area contributed by atoms with Crippen LogP contribution in [0.4, 0.5) is 11.9 Å². The van der Waals surface area contributed by atoms with Gasteiger partial charge in [-0.15, -0.1) is 0 Å². The number of likely N-dealkylation sites (tertiary alicyclic amines) is 1. The van der Waals surface area contributed by atoms with E-state index in [0.29, 0.717) is 34.2 Å². The van der Waals surface area contributed by atoms with Gasteiger partial charge in [0.25, 0.3) is 11.8 Å². The normalized spacial score (nSPS) is 14.6. The predicted octanol–water partition coefficient (Wildman–Crippen LogP) is 3.39. The number of hydrogen-bond acceptors (Lipinski definition) is 7. The van der Waals surface area contributed by atoms with Crippen molar-refractivity contribution >= 4 is 57.3 Å². The summed E-state index contributed by atoms with van der Waals surface area (Å²) in [7, 11) is 0. The minimum Gasteiger partial charge on any atom is -0.366 e. The average molecular weight is 596 g/mol. The fourth-order valence-corrected chi connectivity index (χ4v) is 4.57. The number of imidazole rings is 1. The number of carbonyl (C=O) groups excluding carboxylic acids is 2. The number of piperidine rings is 1. The number of aromatic nitrogens is 4. The van der Waals surface area contributed by atoms with Gasteiger partial charge >= 0.3 is 0 Å². The average Bonchev–Trinajstić information content (AvgIpc) is 3.29. The zero-order chi connectivity index (χ0) is 25.1. The SMILES string of the molecule is NC(=O)c1cccc2[nH]c(NC(=O)c3ccc(CN4CCC(Nc5ncc(I)cn5)CC4)cc3)nc12. The van der Waals surface area contributed by atoms with Crippen LogP contribution in [0, 0.1) is 3.57 Å². The van der Waals surface area contributed by atoms with Crippen LogP contribution in [0.2, 0.25) is 0 Å². The number of aromatic amines is 1. The second-order valence-electron chi connectivity index (χ2n) is 8.72. The molecule has 5 rings (SSSR count). The summed E-state index contributed by atoms with van der Waals surface area (Å²) in [6.45, 7) is 2.78. The summed E-state index contributed by atoms with van der Waals surface area (Å²) in [5.41, 5.74) is 8.44. The number of nitrogens with two attached hydrogens (primary N) is 1. The maximum absolute atomic E-state index is 12.7. The number of fused-ring (bicyclic) bond motifs is 1. The van der Waals surface area contributed by atoms with Gasteiger partial charge in [0.05, 0.1) is 11.1 Å². The van der Waals surface area contributed by atoms with E-state index in [1.54, 1.807) is 18.2 Å². The highest BCUT2D eigenvalue weighted by atomic mass is 127. The van der Waals surface area contributed by atoms with Gasteiger partial charge in [0, 0.05) is 47.2 Å². The van der Waals surface area contributed by atoms with Gasteiger partial charge in [-0.25, -0.2) is 15.0 Å². The third kappa shape index (κ3) is 5.62. The summed E-state index contributed by atoms with van der Waals surface area (Å²) in [6, 6.07) is 13.0. The Morgan fingerprint density at radius 2 is 1.81 bits per heavy atom. The molecule has 0 unspecified atom stereocenters. The quantitative estimate of drug-likeness (QED) is 0.240. The van der Waals surface area contributed by atoms with Gasteiger partial charge in [-0.3, -0.25) is 19.8 Å². The van der Waals surface area contributed by atoms with E-state index in [-0.39, 0.29) is 11.9 Å². The number of nitrogens with one attached hydrogen (secondary N) is 3. The van der Waals surface area contributed by atoms with Gasteiger partial charge in [0.2, 0.25) is 11.9 Å². The van der Waals surface area contributed by atoms with E-state index in [4.69, 9.17) is 5.73 Å². The molecule has 1 fully saturated rings. The predicted molar refractivity (Wildman–Crippen MR) is 146 cm³/mol. The molecular weight excluding hydrogens is 571 g/mol. The molecular formula is C25H25IN8O2. The van der Waals surface area contributed by atoms with Crippen molar-refractivity contribution in [1.29, 1.82) is 0 Å². The molecule has 1 saturated heterocycles. The molecule has 0 atom stereocenters. The molecule has 5 N–H and O–H groups in total. The molecule has 4 aromatic rings. The Morgan fingerprint density at radius 3 is 2.50 bits per heavy atom. The van der Waals surface area contributed by atoms with E-state index >= 15 is 0 Å². The smallest absolute Gasteiger partial charge is 0.257 e. The second-order valence-corrected chi connectivity index (χ2v) is 9.97.